The van der Waals surface area contributed by atoms with Gasteiger partial charge in [0.05, 0.1) is 12.2 Å². The molecule has 8 heteroatoms. The summed E-state index contributed by atoms with van der Waals surface area (Å²) in [5.41, 5.74) is -0.494. The summed E-state index contributed by atoms with van der Waals surface area (Å²) in [7, 11) is 0. The fourth-order valence-corrected chi connectivity index (χ4v) is 2.18. The van der Waals surface area contributed by atoms with Crippen LogP contribution in [0.15, 0.2) is 48.5 Å². The van der Waals surface area contributed by atoms with Gasteiger partial charge in [-0.25, -0.2) is 4.79 Å². The highest BCUT2D eigenvalue weighted by atomic mass is 19.4. The molecule has 0 aromatic heterocycles. The molecule has 2 aromatic carbocycles. The molecule has 0 radical (unpaired) electrons. The highest BCUT2D eigenvalue weighted by Crippen LogP contribution is 2.29. The second-order valence-corrected chi connectivity index (χ2v) is 5.54. The second-order valence-electron chi connectivity index (χ2n) is 5.54. The molecule has 5 nitrogen and oxygen atoms in total. The fourth-order valence-electron chi connectivity index (χ4n) is 2.18. The van der Waals surface area contributed by atoms with Gasteiger partial charge < -0.3 is 14.8 Å². The zero-order valence-electron chi connectivity index (χ0n) is 14.7. The zero-order valence-corrected chi connectivity index (χ0v) is 14.7. The molecule has 0 unspecified atom stereocenters. The largest absolute Gasteiger partial charge is 0.493 e. The van der Waals surface area contributed by atoms with Crippen molar-refractivity contribution in [3.63, 3.8) is 0 Å². The molecule has 2 rings (SSSR count). The number of carbonyl (C=O) groups excluding carboxylic acids is 2. The number of halogens is 3. The Bertz CT molecular complexity index is 803. The van der Waals surface area contributed by atoms with Crippen molar-refractivity contribution < 1.29 is 32.2 Å². The number of alkyl halides is 3. The number of hydrogen-bond donors (Lipinski definition) is 1. The van der Waals surface area contributed by atoms with Crippen molar-refractivity contribution in [1.29, 1.82) is 0 Å². The van der Waals surface area contributed by atoms with Crippen molar-refractivity contribution >= 4 is 17.6 Å². The first-order valence-electron chi connectivity index (χ1n) is 8.13. The van der Waals surface area contributed by atoms with Gasteiger partial charge in [-0.15, -0.1) is 0 Å². The summed E-state index contributed by atoms with van der Waals surface area (Å²) in [4.78, 5) is 24.4. The number of ether oxygens (including phenoxy) is 2. The predicted octanol–water partition coefficient (Wildman–Crippen LogP) is 4.29. The second kappa shape index (κ2) is 8.57. The highest BCUT2D eigenvalue weighted by molar-refractivity contribution is 5.98. The summed E-state index contributed by atoms with van der Waals surface area (Å²) in [6, 6.07) is 10.4. The summed E-state index contributed by atoms with van der Waals surface area (Å²) < 4.78 is 48.1. The summed E-state index contributed by atoms with van der Waals surface area (Å²) in [5, 5.41) is 2.40. The number of benzene rings is 2. The van der Waals surface area contributed by atoms with E-state index in [0.29, 0.717) is 12.4 Å². The molecule has 27 heavy (non-hydrogen) atoms. The Morgan fingerprint density at radius 1 is 1.07 bits per heavy atom. The zero-order chi connectivity index (χ0) is 20.0. The van der Waals surface area contributed by atoms with Gasteiger partial charge >= 0.3 is 12.1 Å². The maximum Gasteiger partial charge on any atom is 0.416 e. The standard InChI is InChI=1S/C19H18F3NO4/c1-3-26-16-7-5-4-6-15(16)18(25)27-12(2)17(24)23-14-10-8-13(9-11-14)19(20,21)22/h4-12H,3H2,1-2H3,(H,23,24)/t12-/m0/s1. The van der Waals surface area contributed by atoms with Crippen LogP contribution < -0.4 is 10.1 Å². The molecular formula is C19H18F3NO4. The molecule has 0 fully saturated rings. The van der Waals surface area contributed by atoms with E-state index in [4.69, 9.17) is 9.47 Å². The van der Waals surface area contributed by atoms with E-state index in [1.54, 1.807) is 25.1 Å². The Kier molecular flexibility index (Phi) is 6.44. The van der Waals surface area contributed by atoms with Gasteiger partial charge in [0.1, 0.15) is 11.3 Å². The van der Waals surface area contributed by atoms with Gasteiger partial charge in [-0.05, 0) is 50.2 Å². The topological polar surface area (TPSA) is 64.6 Å². The van der Waals surface area contributed by atoms with Crippen molar-refractivity contribution in [2.75, 3.05) is 11.9 Å². The van der Waals surface area contributed by atoms with Crippen molar-refractivity contribution in [3.8, 4) is 5.75 Å². The van der Waals surface area contributed by atoms with Gasteiger partial charge in [-0.3, -0.25) is 4.79 Å². The lowest BCUT2D eigenvalue weighted by Gasteiger charge is -2.15. The van der Waals surface area contributed by atoms with Crippen LogP contribution in [0.5, 0.6) is 5.75 Å². The number of amides is 1. The molecule has 0 spiro atoms. The number of carbonyl (C=O) groups is 2. The first-order valence-corrected chi connectivity index (χ1v) is 8.13. The van der Waals surface area contributed by atoms with Crippen LogP contribution in [0.2, 0.25) is 0 Å². The third kappa shape index (κ3) is 5.47. The van der Waals surface area contributed by atoms with Gasteiger partial charge in [0.2, 0.25) is 0 Å². The highest BCUT2D eigenvalue weighted by Gasteiger charge is 2.30. The third-order valence-corrected chi connectivity index (χ3v) is 3.54. The van der Waals surface area contributed by atoms with Crippen LogP contribution in [0.25, 0.3) is 0 Å². The Balaban J connectivity index is 2.00. The average Bonchev–Trinajstić information content (AvgIpc) is 2.62. The Labute approximate surface area is 154 Å². The quantitative estimate of drug-likeness (QED) is 0.759. The van der Waals surface area contributed by atoms with E-state index in [0.717, 1.165) is 24.3 Å². The minimum absolute atomic E-state index is 0.158. The Morgan fingerprint density at radius 3 is 2.30 bits per heavy atom. The summed E-state index contributed by atoms with van der Waals surface area (Å²) in [6.07, 6.45) is -5.62. The van der Waals surface area contributed by atoms with Crippen LogP contribution >= 0.6 is 0 Å². The van der Waals surface area contributed by atoms with Crippen LogP contribution in [0.4, 0.5) is 18.9 Å². The van der Waals surface area contributed by atoms with E-state index < -0.39 is 29.7 Å². The van der Waals surface area contributed by atoms with Gasteiger partial charge in [0.15, 0.2) is 6.10 Å². The number of esters is 1. The molecule has 0 aliphatic carbocycles. The normalized spacial score (nSPS) is 12.2. The average molecular weight is 381 g/mol. The van der Waals surface area contributed by atoms with Crippen LogP contribution in [0, 0.1) is 0 Å². The minimum atomic E-state index is -4.46. The monoisotopic (exact) mass is 381 g/mol. The molecule has 1 amide bonds. The fraction of sp³-hybridized carbons (Fsp3) is 0.263. The number of hydrogen-bond acceptors (Lipinski definition) is 4. The van der Waals surface area contributed by atoms with Crippen LogP contribution in [-0.2, 0) is 15.7 Å². The van der Waals surface area contributed by atoms with Crippen molar-refractivity contribution in [1.82, 2.24) is 0 Å². The summed E-state index contributed by atoms with van der Waals surface area (Å²) >= 11 is 0. The van der Waals surface area contributed by atoms with Crippen LogP contribution in [0.3, 0.4) is 0 Å². The maximum absolute atomic E-state index is 12.5. The van der Waals surface area contributed by atoms with Crippen molar-refractivity contribution in [2.24, 2.45) is 0 Å². The SMILES string of the molecule is CCOc1ccccc1C(=O)O[C@@H](C)C(=O)Nc1ccc(C(F)(F)F)cc1. The molecule has 0 aliphatic rings. The molecule has 144 valence electrons. The Hall–Kier alpha value is -3.03. The van der Waals surface area contributed by atoms with E-state index in [2.05, 4.69) is 5.32 Å². The minimum Gasteiger partial charge on any atom is -0.493 e. The first-order chi connectivity index (χ1) is 12.7. The van der Waals surface area contributed by atoms with Crippen molar-refractivity contribution in [3.05, 3.63) is 59.7 Å². The number of nitrogens with one attached hydrogen (secondary N) is 1. The van der Waals surface area contributed by atoms with Gasteiger partial charge in [0, 0.05) is 5.69 Å². The van der Waals surface area contributed by atoms with E-state index in [1.165, 1.54) is 13.0 Å². The van der Waals surface area contributed by atoms with E-state index in [-0.39, 0.29) is 11.3 Å². The summed E-state index contributed by atoms with van der Waals surface area (Å²) in [5.74, 6) is -1.08. The van der Waals surface area contributed by atoms with E-state index >= 15 is 0 Å². The third-order valence-electron chi connectivity index (χ3n) is 3.54. The molecule has 1 N–H and O–H groups in total. The van der Waals surface area contributed by atoms with Crippen LogP contribution in [-0.4, -0.2) is 24.6 Å². The van der Waals surface area contributed by atoms with Gasteiger partial charge in [-0.1, -0.05) is 12.1 Å². The number of rotatable bonds is 6. The molecule has 2 aromatic rings. The number of anilines is 1. The molecule has 0 heterocycles. The number of para-hydroxylation sites is 1. The molecule has 0 bridgehead atoms. The van der Waals surface area contributed by atoms with E-state index in [9.17, 15) is 22.8 Å². The predicted molar refractivity (Wildman–Crippen MR) is 92.6 cm³/mol. The summed E-state index contributed by atoms with van der Waals surface area (Å²) in [6.45, 7) is 3.48. The molecule has 1 atom stereocenters. The maximum atomic E-state index is 12.5. The van der Waals surface area contributed by atoms with Gasteiger partial charge in [-0.2, -0.15) is 13.2 Å². The molecular weight excluding hydrogens is 363 g/mol. The lowest BCUT2D eigenvalue weighted by molar-refractivity contribution is -0.137. The van der Waals surface area contributed by atoms with E-state index in [1.807, 2.05) is 0 Å². The van der Waals surface area contributed by atoms with Crippen molar-refractivity contribution in [2.45, 2.75) is 26.1 Å². The molecule has 0 saturated heterocycles. The lowest BCUT2D eigenvalue weighted by atomic mass is 10.2. The molecule has 0 aliphatic heterocycles. The van der Waals surface area contributed by atoms with Crippen LogP contribution in [0.1, 0.15) is 29.8 Å². The Morgan fingerprint density at radius 2 is 1.70 bits per heavy atom. The van der Waals surface area contributed by atoms with Gasteiger partial charge in [0.25, 0.3) is 5.91 Å². The molecule has 0 saturated carbocycles. The first kappa shape index (κ1) is 20.3. The smallest absolute Gasteiger partial charge is 0.416 e. The lowest BCUT2D eigenvalue weighted by Crippen LogP contribution is -2.30.